The molecule has 0 aromatic carbocycles. The summed E-state index contributed by atoms with van der Waals surface area (Å²) in [5, 5.41) is 3.35. The lowest BCUT2D eigenvalue weighted by Crippen LogP contribution is -2.14. The number of hydrogen-bond acceptors (Lipinski definition) is 3. The highest BCUT2D eigenvalue weighted by atomic mass is 16.5. The lowest BCUT2D eigenvalue weighted by molar-refractivity contribution is 0.236. The maximum Gasteiger partial charge on any atom is 0.213 e. The molecule has 1 heterocycles. The van der Waals surface area contributed by atoms with Crippen molar-refractivity contribution in [2.45, 2.75) is 47.1 Å². The van der Waals surface area contributed by atoms with Crippen molar-refractivity contribution in [2.75, 3.05) is 13.2 Å². The molecule has 0 fully saturated rings. The topological polar surface area (TPSA) is 34.1 Å². The molecule has 3 nitrogen and oxygen atoms in total. The van der Waals surface area contributed by atoms with Crippen molar-refractivity contribution in [3.8, 4) is 5.88 Å². The van der Waals surface area contributed by atoms with E-state index in [1.165, 1.54) is 5.56 Å². The first-order valence-corrected chi connectivity index (χ1v) is 6.80. The molecule has 1 N–H and O–H groups in total. The van der Waals surface area contributed by atoms with Crippen LogP contribution >= 0.6 is 0 Å². The number of rotatable bonds is 7. The predicted octanol–water partition coefficient (Wildman–Crippen LogP) is 3.40. The van der Waals surface area contributed by atoms with E-state index in [-0.39, 0.29) is 0 Å². The third-order valence-electron chi connectivity index (χ3n) is 2.66. The molecule has 0 aliphatic carbocycles. The molecule has 18 heavy (non-hydrogen) atoms. The minimum absolute atomic E-state index is 0.310. The summed E-state index contributed by atoms with van der Waals surface area (Å²) in [4.78, 5) is 4.31. The lowest BCUT2D eigenvalue weighted by Gasteiger charge is -2.17. The predicted molar refractivity (Wildman–Crippen MR) is 75.8 cm³/mol. The van der Waals surface area contributed by atoms with Crippen LogP contribution in [0.1, 0.15) is 46.1 Å². The van der Waals surface area contributed by atoms with Crippen LogP contribution in [0.3, 0.4) is 0 Å². The van der Waals surface area contributed by atoms with Gasteiger partial charge in [-0.1, -0.05) is 33.8 Å². The Morgan fingerprint density at radius 3 is 2.61 bits per heavy atom. The van der Waals surface area contributed by atoms with E-state index in [1.54, 1.807) is 0 Å². The van der Waals surface area contributed by atoms with Gasteiger partial charge in [-0.25, -0.2) is 4.98 Å². The third-order valence-corrected chi connectivity index (χ3v) is 2.66. The Labute approximate surface area is 111 Å². The Bertz CT molecular complexity index is 327. The first-order chi connectivity index (χ1) is 8.51. The highest BCUT2D eigenvalue weighted by molar-refractivity contribution is 5.17. The number of nitrogens with zero attached hydrogens (tertiary/aromatic N) is 1. The fourth-order valence-corrected chi connectivity index (χ4v) is 1.47. The van der Waals surface area contributed by atoms with Crippen molar-refractivity contribution in [1.82, 2.24) is 10.3 Å². The molecule has 0 atom stereocenters. The summed E-state index contributed by atoms with van der Waals surface area (Å²) in [6, 6.07) is 4.02. The molecule has 0 saturated carbocycles. The summed E-state index contributed by atoms with van der Waals surface area (Å²) >= 11 is 0. The molecule has 3 heteroatoms. The van der Waals surface area contributed by atoms with Crippen molar-refractivity contribution in [3.05, 3.63) is 23.9 Å². The number of pyridine rings is 1. The molecule has 0 amide bonds. The van der Waals surface area contributed by atoms with Crippen LogP contribution in [0.4, 0.5) is 0 Å². The Morgan fingerprint density at radius 2 is 2.06 bits per heavy atom. The van der Waals surface area contributed by atoms with Gasteiger partial charge in [0.1, 0.15) is 0 Å². The molecule has 0 spiro atoms. The SMILES string of the molecule is CCCNCc1ccc(OCCC(C)(C)C)nc1. The fourth-order valence-electron chi connectivity index (χ4n) is 1.47. The molecular formula is C15H26N2O. The molecule has 0 unspecified atom stereocenters. The molecule has 102 valence electrons. The number of ether oxygens (including phenoxy) is 1. The zero-order chi connectivity index (χ0) is 13.4. The Morgan fingerprint density at radius 1 is 1.28 bits per heavy atom. The highest BCUT2D eigenvalue weighted by Gasteiger charge is 2.09. The lowest BCUT2D eigenvalue weighted by atomic mass is 9.93. The van der Waals surface area contributed by atoms with Crippen LogP contribution in [-0.2, 0) is 6.54 Å². The number of nitrogens with one attached hydrogen (secondary N) is 1. The van der Waals surface area contributed by atoms with Crippen LogP contribution in [0.15, 0.2) is 18.3 Å². The maximum absolute atomic E-state index is 5.63. The minimum atomic E-state index is 0.310. The average Bonchev–Trinajstić information content (AvgIpc) is 2.30. The Hall–Kier alpha value is -1.09. The zero-order valence-corrected chi connectivity index (χ0v) is 12.1. The van der Waals surface area contributed by atoms with Gasteiger partial charge >= 0.3 is 0 Å². The standard InChI is InChI=1S/C15H26N2O/c1-5-9-16-11-13-6-7-14(17-12-13)18-10-8-15(2,3)4/h6-7,12,16H,5,8-11H2,1-4H3. The second kappa shape index (κ2) is 7.37. The molecule has 1 rings (SSSR count). The van der Waals surface area contributed by atoms with E-state index in [4.69, 9.17) is 4.74 Å². The Kier molecular flexibility index (Phi) is 6.13. The molecule has 0 aliphatic rings. The van der Waals surface area contributed by atoms with Crippen LogP contribution in [0, 0.1) is 5.41 Å². The van der Waals surface area contributed by atoms with E-state index in [0.717, 1.165) is 38.4 Å². The van der Waals surface area contributed by atoms with Crippen LogP contribution in [0.5, 0.6) is 5.88 Å². The smallest absolute Gasteiger partial charge is 0.213 e. The summed E-state index contributed by atoms with van der Waals surface area (Å²) in [6.45, 7) is 11.5. The average molecular weight is 250 g/mol. The van der Waals surface area contributed by atoms with Crippen molar-refractivity contribution in [3.63, 3.8) is 0 Å². The zero-order valence-electron chi connectivity index (χ0n) is 12.1. The maximum atomic E-state index is 5.63. The summed E-state index contributed by atoms with van der Waals surface area (Å²) in [5.41, 5.74) is 1.51. The number of aromatic nitrogens is 1. The van der Waals surface area contributed by atoms with Crippen molar-refractivity contribution < 1.29 is 4.74 Å². The van der Waals surface area contributed by atoms with E-state index in [2.05, 4.69) is 44.1 Å². The van der Waals surface area contributed by atoms with Gasteiger partial charge < -0.3 is 10.1 Å². The van der Waals surface area contributed by atoms with Gasteiger partial charge in [-0.3, -0.25) is 0 Å². The van der Waals surface area contributed by atoms with Crippen LogP contribution in [0.2, 0.25) is 0 Å². The van der Waals surface area contributed by atoms with E-state index in [9.17, 15) is 0 Å². The quantitative estimate of drug-likeness (QED) is 0.753. The fraction of sp³-hybridized carbons (Fsp3) is 0.667. The monoisotopic (exact) mass is 250 g/mol. The van der Waals surface area contributed by atoms with Gasteiger partial charge in [0.15, 0.2) is 0 Å². The summed E-state index contributed by atoms with van der Waals surface area (Å²) < 4.78 is 5.63. The van der Waals surface area contributed by atoms with Gasteiger partial charge in [-0.2, -0.15) is 0 Å². The number of hydrogen-bond donors (Lipinski definition) is 1. The van der Waals surface area contributed by atoms with E-state index >= 15 is 0 Å². The van der Waals surface area contributed by atoms with E-state index in [1.807, 2.05) is 12.3 Å². The van der Waals surface area contributed by atoms with Crippen LogP contribution in [-0.4, -0.2) is 18.1 Å². The summed E-state index contributed by atoms with van der Waals surface area (Å²) in [5.74, 6) is 0.721. The molecule has 0 aliphatic heterocycles. The van der Waals surface area contributed by atoms with Crippen LogP contribution in [0.25, 0.3) is 0 Å². The molecule has 0 bridgehead atoms. The van der Waals surface area contributed by atoms with Crippen molar-refractivity contribution in [2.24, 2.45) is 5.41 Å². The molecular weight excluding hydrogens is 224 g/mol. The van der Waals surface area contributed by atoms with Crippen molar-refractivity contribution >= 4 is 0 Å². The highest BCUT2D eigenvalue weighted by Crippen LogP contribution is 2.18. The van der Waals surface area contributed by atoms with Gasteiger partial charge in [0, 0.05) is 18.8 Å². The first-order valence-electron chi connectivity index (χ1n) is 6.80. The van der Waals surface area contributed by atoms with Gasteiger partial charge in [-0.05, 0) is 30.4 Å². The molecule has 0 radical (unpaired) electrons. The molecule has 0 saturated heterocycles. The van der Waals surface area contributed by atoms with E-state index < -0.39 is 0 Å². The first kappa shape index (κ1) is 15.0. The summed E-state index contributed by atoms with van der Waals surface area (Å²) in [7, 11) is 0. The van der Waals surface area contributed by atoms with Gasteiger partial charge in [-0.15, -0.1) is 0 Å². The largest absolute Gasteiger partial charge is 0.478 e. The minimum Gasteiger partial charge on any atom is -0.478 e. The van der Waals surface area contributed by atoms with Gasteiger partial charge in [0.2, 0.25) is 5.88 Å². The summed E-state index contributed by atoms with van der Waals surface area (Å²) in [6.07, 6.45) is 4.07. The van der Waals surface area contributed by atoms with Gasteiger partial charge in [0.25, 0.3) is 0 Å². The second-order valence-corrected chi connectivity index (χ2v) is 5.84. The van der Waals surface area contributed by atoms with Gasteiger partial charge in [0.05, 0.1) is 6.61 Å². The molecule has 1 aromatic heterocycles. The van der Waals surface area contributed by atoms with Crippen molar-refractivity contribution in [1.29, 1.82) is 0 Å². The normalized spacial score (nSPS) is 11.6. The van der Waals surface area contributed by atoms with Crippen LogP contribution < -0.4 is 10.1 Å². The van der Waals surface area contributed by atoms with E-state index in [0.29, 0.717) is 5.41 Å². The third kappa shape index (κ3) is 6.60. The molecule has 1 aromatic rings. The Balaban J connectivity index is 2.31. The second-order valence-electron chi connectivity index (χ2n) is 5.84.